The van der Waals surface area contributed by atoms with Gasteiger partial charge in [0.05, 0.1) is 11.8 Å². The SMILES string of the molecule is O=C1CCCC[C@@H]1Sc1nnc(-c2ccc(Cl)cc2)n1Cc1ccccc1. The van der Waals surface area contributed by atoms with E-state index in [0.29, 0.717) is 23.8 Å². The molecule has 0 N–H and O–H groups in total. The Balaban J connectivity index is 1.69. The minimum Gasteiger partial charge on any atom is -0.298 e. The summed E-state index contributed by atoms with van der Waals surface area (Å²) < 4.78 is 2.10. The van der Waals surface area contributed by atoms with Gasteiger partial charge in [-0.15, -0.1) is 10.2 Å². The predicted molar refractivity (Wildman–Crippen MR) is 109 cm³/mol. The second-order valence-electron chi connectivity index (χ2n) is 6.70. The first-order valence-electron chi connectivity index (χ1n) is 9.13. The summed E-state index contributed by atoms with van der Waals surface area (Å²) in [5.41, 5.74) is 2.13. The molecule has 4 nitrogen and oxygen atoms in total. The number of aromatic nitrogens is 3. The van der Waals surface area contributed by atoms with E-state index in [0.717, 1.165) is 35.8 Å². The molecule has 1 aromatic heterocycles. The molecule has 27 heavy (non-hydrogen) atoms. The van der Waals surface area contributed by atoms with E-state index in [4.69, 9.17) is 11.6 Å². The molecule has 1 aliphatic rings. The standard InChI is InChI=1S/C21H20ClN3OS/c22-17-12-10-16(11-13-17)20-23-24-21(27-19-9-5-4-8-18(19)26)25(20)14-15-6-2-1-3-7-15/h1-3,6-7,10-13,19H,4-5,8-9,14H2/t19-/m0/s1. The van der Waals surface area contributed by atoms with Crippen LogP contribution in [-0.2, 0) is 11.3 Å². The van der Waals surface area contributed by atoms with E-state index < -0.39 is 0 Å². The second kappa shape index (κ2) is 8.28. The quantitative estimate of drug-likeness (QED) is 0.589. The van der Waals surface area contributed by atoms with Gasteiger partial charge in [0, 0.05) is 17.0 Å². The summed E-state index contributed by atoms with van der Waals surface area (Å²) in [6, 6.07) is 17.9. The fraction of sp³-hybridized carbons (Fsp3) is 0.286. The van der Waals surface area contributed by atoms with Gasteiger partial charge in [0.15, 0.2) is 11.0 Å². The topological polar surface area (TPSA) is 47.8 Å². The van der Waals surface area contributed by atoms with E-state index in [1.165, 1.54) is 5.56 Å². The third-order valence-corrected chi connectivity index (χ3v) is 6.30. The van der Waals surface area contributed by atoms with Crippen LogP contribution in [0.1, 0.15) is 31.2 Å². The van der Waals surface area contributed by atoms with Crippen LogP contribution in [-0.4, -0.2) is 25.8 Å². The maximum Gasteiger partial charge on any atom is 0.192 e. The third-order valence-electron chi connectivity index (χ3n) is 4.75. The second-order valence-corrected chi connectivity index (χ2v) is 8.31. The molecule has 0 radical (unpaired) electrons. The first-order chi connectivity index (χ1) is 13.2. The predicted octanol–water partition coefficient (Wildman–Crippen LogP) is 5.25. The molecule has 0 unspecified atom stereocenters. The van der Waals surface area contributed by atoms with Crippen molar-refractivity contribution in [3.63, 3.8) is 0 Å². The normalized spacial score (nSPS) is 17.2. The van der Waals surface area contributed by atoms with Crippen LogP contribution in [0.3, 0.4) is 0 Å². The molecule has 0 bridgehead atoms. The Labute approximate surface area is 168 Å². The first-order valence-corrected chi connectivity index (χ1v) is 10.4. The van der Waals surface area contributed by atoms with Gasteiger partial charge in [-0.25, -0.2) is 0 Å². The third kappa shape index (κ3) is 4.25. The summed E-state index contributed by atoms with van der Waals surface area (Å²) in [6.45, 7) is 0.662. The summed E-state index contributed by atoms with van der Waals surface area (Å²) in [6.07, 6.45) is 3.69. The number of carbonyl (C=O) groups excluding carboxylic acids is 1. The van der Waals surface area contributed by atoms with Crippen molar-refractivity contribution in [3.8, 4) is 11.4 Å². The van der Waals surface area contributed by atoms with Gasteiger partial charge in [-0.3, -0.25) is 9.36 Å². The van der Waals surface area contributed by atoms with E-state index >= 15 is 0 Å². The van der Waals surface area contributed by atoms with Gasteiger partial charge < -0.3 is 0 Å². The van der Waals surface area contributed by atoms with Crippen LogP contribution in [0.5, 0.6) is 0 Å². The van der Waals surface area contributed by atoms with E-state index in [2.05, 4.69) is 26.9 Å². The molecule has 0 saturated heterocycles. The summed E-state index contributed by atoms with van der Waals surface area (Å²) >= 11 is 7.59. The molecule has 0 amide bonds. The number of carbonyl (C=O) groups is 1. The molecule has 2 aromatic carbocycles. The highest BCUT2D eigenvalue weighted by molar-refractivity contribution is 8.00. The van der Waals surface area contributed by atoms with E-state index in [9.17, 15) is 4.79 Å². The molecule has 1 heterocycles. The highest BCUT2D eigenvalue weighted by atomic mass is 35.5. The van der Waals surface area contributed by atoms with Crippen LogP contribution in [0.2, 0.25) is 5.02 Å². The van der Waals surface area contributed by atoms with Crippen LogP contribution >= 0.6 is 23.4 Å². The summed E-state index contributed by atoms with van der Waals surface area (Å²) in [5.74, 6) is 1.12. The average Bonchev–Trinajstić information content (AvgIpc) is 3.07. The molecule has 0 aliphatic heterocycles. The fourth-order valence-corrected chi connectivity index (χ4v) is 4.58. The van der Waals surface area contributed by atoms with Gasteiger partial charge in [-0.05, 0) is 42.7 Å². The molecule has 4 rings (SSSR count). The lowest BCUT2D eigenvalue weighted by atomic mass is 9.99. The zero-order chi connectivity index (χ0) is 18.6. The summed E-state index contributed by atoms with van der Waals surface area (Å²) in [4.78, 5) is 12.3. The van der Waals surface area contributed by atoms with E-state index in [1.807, 2.05) is 42.5 Å². The largest absolute Gasteiger partial charge is 0.298 e. The van der Waals surface area contributed by atoms with Crippen molar-refractivity contribution < 1.29 is 4.79 Å². The molecule has 3 aromatic rings. The number of ketones is 1. The van der Waals surface area contributed by atoms with Crippen LogP contribution in [0.15, 0.2) is 59.8 Å². The molecular weight excluding hydrogens is 378 g/mol. The minimum absolute atomic E-state index is 0.0180. The molecule has 6 heteroatoms. The zero-order valence-electron chi connectivity index (χ0n) is 14.8. The van der Waals surface area contributed by atoms with Crippen molar-refractivity contribution in [1.29, 1.82) is 0 Å². The molecule has 1 atom stereocenters. The number of halogens is 1. The van der Waals surface area contributed by atoms with Crippen molar-refractivity contribution >= 4 is 29.1 Å². The van der Waals surface area contributed by atoms with Crippen molar-refractivity contribution in [2.75, 3.05) is 0 Å². The van der Waals surface area contributed by atoms with Gasteiger partial charge in [0.1, 0.15) is 5.78 Å². The van der Waals surface area contributed by atoms with Crippen LogP contribution in [0, 0.1) is 0 Å². The van der Waals surface area contributed by atoms with Gasteiger partial charge in [0.25, 0.3) is 0 Å². The number of Topliss-reactive ketones (excluding diaryl/α,β-unsaturated/α-hetero) is 1. The van der Waals surface area contributed by atoms with E-state index in [-0.39, 0.29) is 5.25 Å². The molecule has 1 saturated carbocycles. The Kier molecular flexibility index (Phi) is 5.60. The molecule has 1 fully saturated rings. The van der Waals surface area contributed by atoms with Crippen molar-refractivity contribution in [3.05, 3.63) is 65.2 Å². The minimum atomic E-state index is -0.0180. The van der Waals surface area contributed by atoms with Gasteiger partial charge in [-0.2, -0.15) is 0 Å². The van der Waals surface area contributed by atoms with Crippen LogP contribution < -0.4 is 0 Å². The Morgan fingerprint density at radius 3 is 2.56 bits per heavy atom. The van der Waals surface area contributed by atoms with Gasteiger partial charge in [-0.1, -0.05) is 60.1 Å². The van der Waals surface area contributed by atoms with Crippen molar-refractivity contribution in [2.45, 2.75) is 42.6 Å². The molecule has 138 valence electrons. The van der Waals surface area contributed by atoms with Crippen LogP contribution in [0.25, 0.3) is 11.4 Å². The van der Waals surface area contributed by atoms with Crippen molar-refractivity contribution in [2.24, 2.45) is 0 Å². The maximum atomic E-state index is 12.3. The zero-order valence-corrected chi connectivity index (χ0v) is 16.4. The van der Waals surface area contributed by atoms with E-state index in [1.54, 1.807) is 11.8 Å². The Hall–Kier alpha value is -2.11. The number of benzene rings is 2. The molecule has 0 spiro atoms. The Morgan fingerprint density at radius 2 is 1.81 bits per heavy atom. The Bertz CT molecular complexity index is 924. The first kappa shape index (κ1) is 18.3. The number of hydrogen-bond donors (Lipinski definition) is 0. The lowest BCUT2D eigenvalue weighted by molar-refractivity contribution is -0.119. The van der Waals surface area contributed by atoms with Gasteiger partial charge >= 0.3 is 0 Å². The maximum absolute atomic E-state index is 12.3. The number of hydrogen-bond acceptors (Lipinski definition) is 4. The summed E-state index contributed by atoms with van der Waals surface area (Å²) in [7, 11) is 0. The monoisotopic (exact) mass is 397 g/mol. The number of thioether (sulfide) groups is 1. The smallest absolute Gasteiger partial charge is 0.192 e. The average molecular weight is 398 g/mol. The lowest BCUT2D eigenvalue weighted by Gasteiger charge is -2.20. The number of rotatable bonds is 5. The fourth-order valence-electron chi connectivity index (χ4n) is 3.30. The highest BCUT2D eigenvalue weighted by Crippen LogP contribution is 2.33. The Morgan fingerprint density at radius 1 is 1.04 bits per heavy atom. The lowest BCUT2D eigenvalue weighted by Crippen LogP contribution is -2.22. The van der Waals surface area contributed by atoms with Gasteiger partial charge in [0.2, 0.25) is 0 Å². The molecular formula is C21H20ClN3OS. The highest BCUT2D eigenvalue weighted by Gasteiger charge is 2.26. The van der Waals surface area contributed by atoms with Crippen LogP contribution in [0.4, 0.5) is 0 Å². The van der Waals surface area contributed by atoms with Crippen molar-refractivity contribution in [1.82, 2.24) is 14.8 Å². The number of nitrogens with zero attached hydrogens (tertiary/aromatic N) is 3. The summed E-state index contributed by atoms with van der Waals surface area (Å²) in [5, 5.41) is 10.3. The molecule has 1 aliphatic carbocycles.